The minimum Gasteiger partial charge on any atom is -0.322 e. The molecule has 0 radical (unpaired) electrons. The van der Waals surface area contributed by atoms with Crippen molar-refractivity contribution in [1.29, 1.82) is 0 Å². The van der Waals surface area contributed by atoms with E-state index in [1.807, 2.05) is 6.92 Å². The third kappa shape index (κ3) is 5.88. The first-order valence-electron chi connectivity index (χ1n) is 9.21. The summed E-state index contributed by atoms with van der Waals surface area (Å²) in [4.78, 5) is 12.5. The van der Waals surface area contributed by atoms with Crippen LogP contribution in [0.5, 0.6) is 0 Å². The zero-order chi connectivity index (χ0) is 22.6. The van der Waals surface area contributed by atoms with Crippen LogP contribution in [0.4, 0.5) is 14.5 Å². The number of benzene rings is 3. The first-order chi connectivity index (χ1) is 14.6. The number of carbonyl (C=O) groups excluding carboxylic acids is 1. The molecule has 9 heteroatoms. The fraction of sp³-hybridized carbons (Fsp3) is 0.136. The van der Waals surface area contributed by atoms with E-state index < -0.39 is 34.1 Å². The highest BCUT2D eigenvalue weighted by Crippen LogP contribution is 2.21. The lowest BCUT2D eigenvalue weighted by Crippen LogP contribution is -2.37. The van der Waals surface area contributed by atoms with Crippen LogP contribution in [0.15, 0.2) is 71.6 Å². The van der Waals surface area contributed by atoms with E-state index in [-0.39, 0.29) is 17.1 Å². The molecule has 5 nitrogen and oxygen atoms in total. The lowest BCUT2D eigenvalue weighted by molar-refractivity contribution is -0.116. The smallest absolute Gasteiger partial charge is 0.243 e. The van der Waals surface area contributed by atoms with Crippen molar-refractivity contribution in [1.82, 2.24) is 4.31 Å². The van der Waals surface area contributed by atoms with Crippen LogP contribution in [0.2, 0.25) is 5.02 Å². The summed E-state index contributed by atoms with van der Waals surface area (Å²) in [5, 5.41) is 2.71. The highest BCUT2D eigenvalue weighted by atomic mass is 35.5. The maximum Gasteiger partial charge on any atom is 0.243 e. The Balaban J connectivity index is 1.89. The van der Waals surface area contributed by atoms with Gasteiger partial charge < -0.3 is 5.32 Å². The second-order valence-electron chi connectivity index (χ2n) is 6.88. The molecule has 3 aromatic rings. The van der Waals surface area contributed by atoms with Crippen molar-refractivity contribution in [3.63, 3.8) is 0 Å². The lowest BCUT2D eigenvalue weighted by atomic mass is 10.2. The van der Waals surface area contributed by atoms with Crippen LogP contribution in [-0.2, 0) is 21.4 Å². The summed E-state index contributed by atoms with van der Waals surface area (Å²) in [6.07, 6.45) is 0. The molecule has 0 spiro atoms. The van der Waals surface area contributed by atoms with E-state index >= 15 is 0 Å². The fourth-order valence-electron chi connectivity index (χ4n) is 2.82. The molecular formula is C22H19ClF2N2O3S. The molecule has 3 aromatic carbocycles. The Morgan fingerprint density at radius 3 is 2.29 bits per heavy atom. The molecule has 0 aliphatic rings. The average Bonchev–Trinajstić information content (AvgIpc) is 2.72. The summed E-state index contributed by atoms with van der Waals surface area (Å²) in [5.74, 6) is -2.38. The molecule has 0 aliphatic heterocycles. The molecule has 0 saturated carbocycles. The van der Waals surface area contributed by atoms with Gasteiger partial charge in [-0.15, -0.1) is 0 Å². The minimum absolute atomic E-state index is 0.0109. The molecular weight excluding hydrogens is 446 g/mol. The molecule has 0 saturated heterocycles. The van der Waals surface area contributed by atoms with Gasteiger partial charge in [-0.3, -0.25) is 4.79 Å². The number of nitrogens with one attached hydrogen (secondary N) is 1. The van der Waals surface area contributed by atoms with Gasteiger partial charge in [-0.1, -0.05) is 41.4 Å². The van der Waals surface area contributed by atoms with Gasteiger partial charge in [0.15, 0.2) is 0 Å². The summed E-state index contributed by atoms with van der Waals surface area (Å²) in [6, 6.07) is 15.3. The minimum atomic E-state index is -4.06. The standard InChI is InChI=1S/C22H19ClF2N2O3S/c1-15-2-9-19(10-3-15)31(29,30)27(13-16-4-6-17(23)7-5-16)14-22(28)26-21-12-18(24)8-11-20(21)25/h2-12H,13-14H2,1H3,(H,26,28). The number of sulfonamides is 1. The molecule has 3 rings (SSSR count). The van der Waals surface area contributed by atoms with Crippen LogP contribution in [0.3, 0.4) is 0 Å². The topological polar surface area (TPSA) is 66.5 Å². The number of rotatable bonds is 7. The van der Waals surface area contributed by atoms with E-state index in [9.17, 15) is 22.0 Å². The second kappa shape index (κ2) is 9.55. The number of anilines is 1. The molecule has 1 N–H and O–H groups in total. The molecule has 0 fully saturated rings. The Labute approximate surface area is 184 Å². The van der Waals surface area contributed by atoms with Crippen LogP contribution in [0.25, 0.3) is 0 Å². The molecule has 31 heavy (non-hydrogen) atoms. The number of halogens is 3. The summed E-state index contributed by atoms with van der Waals surface area (Å²) in [5.41, 5.74) is 1.11. The average molecular weight is 465 g/mol. The van der Waals surface area contributed by atoms with Crippen molar-refractivity contribution >= 4 is 33.2 Å². The summed E-state index contributed by atoms with van der Waals surface area (Å²) in [6.45, 7) is 1.10. The SMILES string of the molecule is Cc1ccc(S(=O)(=O)N(CC(=O)Nc2cc(F)ccc2F)Cc2ccc(Cl)cc2)cc1. The summed E-state index contributed by atoms with van der Waals surface area (Å²) in [7, 11) is -4.06. The van der Waals surface area contributed by atoms with Gasteiger partial charge in [-0.05, 0) is 48.9 Å². The normalized spacial score (nSPS) is 11.5. The Kier molecular flexibility index (Phi) is 7.04. The Hall–Kier alpha value is -2.81. The number of nitrogens with zero attached hydrogens (tertiary/aromatic N) is 1. The fourth-order valence-corrected chi connectivity index (χ4v) is 4.33. The summed E-state index contributed by atoms with van der Waals surface area (Å²) >= 11 is 5.89. The Morgan fingerprint density at radius 2 is 1.65 bits per heavy atom. The van der Waals surface area contributed by atoms with Gasteiger partial charge in [0.25, 0.3) is 0 Å². The summed E-state index contributed by atoms with van der Waals surface area (Å²) < 4.78 is 54.6. The second-order valence-corrected chi connectivity index (χ2v) is 9.26. The van der Waals surface area contributed by atoms with Crippen molar-refractivity contribution in [2.75, 3.05) is 11.9 Å². The molecule has 0 aromatic heterocycles. The lowest BCUT2D eigenvalue weighted by Gasteiger charge is -2.22. The Bertz CT molecular complexity index is 1180. The predicted octanol–water partition coefficient (Wildman–Crippen LogP) is 4.76. The maximum absolute atomic E-state index is 13.9. The van der Waals surface area contributed by atoms with E-state index in [2.05, 4.69) is 5.32 Å². The zero-order valence-electron chi connectivity index (χ0n) is 16.5. The highest BCUT2D eigenvalue weighted by Gasteiger charge is 2.27. The van der Waals surface area contributed by atoms with Crippen LogP contribution < -0.4 is 5.32 Å². The molecule has 0 heterocycles. The van der Waals surface area contributed by atoms with Gasteiger partial charge in [0.1, 0.15) is 11.6 Å². The molecule has 1 amide bonds. The van der Waals surface area contributed by atoms with Crippen molar-refractivity contribution in [2.45, 2.75) is 18.4 Å². The van der Waals surface area contributed by atoms with Gasteiger partial charge in [-0.25, -0.2) is 17.2 Å². The molecule has 0 aliphatic carbocycles. The van der Waals surface area contributed by atoms with Crippen molar-refractivity contribution in [3.05, 3.63) is 94.5 Å². The van der Waals surface area contributed by atoms with E-state index in [0.29, 0.717) is 10.6 Å². The maximum atomic E-state index is 13.9. The first-order valence-corrected chi connectivity index (χ1v) is 11.0. The van der Waals surface area contributed by atoms with Crippen LogP contribution in [-0.4, -0.2) is 25.2 Å². The third-order valence-corrected chi connectivity index (χ3v) is 6.51. The molecule has 0 unspecified atom stereocenters. The predicted molar refractivity (Wildman–Crippen MR) is 115 cm³/mol. The van der Waals surface area contributed by atoms with Crippen molar-refractivity contribution < 1.29 is 22.0 Å². The largest absolute Gasteiger partial charge is 0.322 e. The molecule has 0 bridgehead atoms. The highest BCUT2D eigenvalue weighted by molar-refractivity contribution is 7.89. The third-order valence-electron chi connectivity index (χ3n) is 4.45. The van der Waals surface area contributed by atoms with E-state index in [1.165, 1.54) is 12.1 Å². The quantitative estimate of drug-likeness (QED) is 0.548. The Morgan fingerprint density at radius 1 is 1.00 bits per heavy atom. The number of carbonyl (C=O) groups is 1. The number of hydrogen-bond acceptors (Lipinski definition) is 3. The van der Waals surface area contributed by atoms with Crippen LogP contribution in [0.1, 0.15) is 11.1 Å². The first kappa shape index (κ1) is 22.9. The van der Waals surface area contributed by atoms with E-state index in [4.69, 9.17) is 11.6 Å². The number of aryl methyl sites for hydroxylation is 1. The zero-order valence-corrected chi connectivity index (χ0v) is 18.1. The van der Waals surface area contributed by atoms with E-state index in [1.54, 1.807) is 36.4 Å². The van der Waals surface area contributed by atoms with Gasteiger partial charge in [0, 0.05) is 17.6 Å². The van der Waals surface area contributed by atoms with Gasteiger partial charge in [-0.2, -0.15) is 4.31 Å². The number of hydrogen-bond donors (Lipinski definition) is 1. The van der Waals surface area contributed by atoms with Gasteiger partial charge in [0.05, 0.1) is 17.1 Å². The van der Waals surface area contributed by atoms with E-state index in [0.717, 1.165) is 28.1 Å². The van der Waals surface area contributed by atoms with Gasteiger partial charge >= 0.3 is 0 Å². The van der Waals surface area contributed by atoms with Crippen LogP contribution >= 0.6 is 11.6 Å². The van der Waals surface area contributed by atoms with Gasteiger partial charge in [0.2, 0.25) is 15.9 Å². The van der Waals surface area contributed by atoms with Crippen LogP contribution in [0, 0.1) is 18.6 Å². The van der Waals surface area contributed by atoms with Crippen molar-refractivity contribution in [3.8, 4) is 0 Å². The monoisotopic (exact) mass is 464 g/mol. The van der Waals surface area contributed by atoms with Crippen molar-refractivity contribution in [2.24, 2.45) is 0 Å². The molecule has 162 valence electrons. The molecule has 0 atom stereocenters. The number of amides is 1.